The molecule has 0 unspecified atom stereocenters. The van der Waals surface area contributed by atoms with Crippen molar-refractivity contribution in [2.24, 2.45) is 5.73 Å². The van der Waals surface area contributed by atoms with E-state index in [-0.39, 0.29) is 0 Å². The maximum atomic E-state index is 5.69. The van der Waals surface area contributed by atoms with Crippen LogP contribution < -0.4 is 5.73 Å². The van der Waals surface area contributed by atoms with Crippen molar-refractivity contribution in [3.63, 3.8) is 0 Å². The highest BCUT2D eigenvalue weighted by molar-refractivity contribution is 4.57. The van der Waals surface area contributed by atoms with E-state index in [9.17, 15) is 0 Å². The van der Waals surface area contributed by atoms with Gasteiger partial charge < -0.3 is 5.73 Å². The molecule has 0 aromatic carbocycles. The molecule has 0 fully saturated rings. The minimum Gasteiger partial charge on any atom is -0.328 e. The lowest BCUT2D eigenvalue weighted by Crippen LogP contribution is -2.18. The zero-order valence-electron chi connectivity index (χ0n) is 7.98. The molecule has 0 heterocycles. The van der Waals surface area contributed by atoms with Gasteiger partial charge in [-0.2, -0.15) is 0 Å². The first-order valence-electron chi connectivity index (χ1n) is 4.56. The van der Waals surface area contributed by atoms with Crippen molar-refractivity contribution in [2.45, 2.75) is 59.4 Å². The normalized spacial score (nSPS) is 9.00. The zero-order valence-corrected chi connectivity index (χ0v) is 7.98. The molecule has 2 N–H and O–H groups in total. The van der Waals surface area contributed by atoms with Gasteiger partial charge >= 0.3 is 0 Å². The van der Waals surface area contributed by atoms with Crippen molar-refractivity contribution in [2.75, 3.05) is 0 Å². The average Bonchev–Trinajstić information content (AvgIpc) is 1.93. The first kappa shape index (κ1) is 12.6. The standard InChI is InChI=1S/C7H17N.C2H6/c1-3-5-7(8)6-4-2;1-2/h7H,3-6,8H2,1-2H3;1-2H3. The molecule has 0 aliphatic carbocycles. The van der Waals surface area contributed by atoms with E-state index in [1.54, 1.807) is 0 Å². The molecular formula is C9H23N. The third-order valence-electron chi connectivity index (χ3n) is 1.32. The van der Waals surface area contributed by atoms with Crippen LogP contribution in [0, 0.1) is 0 Å². The van der Waals surface area contributed by atoms with Crippen molar-refractivity contribution in [1.29, 1.82) is 0 Å². The Labute approximate surface area is 66.0 Å². The molecule has 10 heavy (non-hydrogen) atoms. The van der Waals surface area contributed by atoms with Gasteiger partial charge in [-0.25, -0.2) is 0 Å². The van der Waals surface area contributed by atoms with Crippen LogP contribution in [0.2, 0.25) is 0 Å². The summed E-state index contributed by atoms with van der Waals surface area (Å²) < 4.78 is 0. The van der Waals surface area contributed by atoms with Gasteiger partial charge in [0.05, 0.1) is 0 Å². The maximum absolute atomic E-state index is 5.69. The second kappa shape index (κ2) is 11.7. The fourth-order valence-electron chi connectivity index (χ4n) is 0.886. The molecule has 0 radical (unpaired) electrons. The number of hydrogen-bond donors (Lipinski definition) is 1. The number of rotatable bonds is 4. The summed E-state index contributed by atoms with van der Waals surface area (Å²) in [6, 6.07) is 0.463. The van der Waals surface area contributed by atoms with E-state index in [1.165, 1.54) is 25.7 Å². The van der Waals surface area contributed by atoms with E-state index < -0.39 is 0 Å². The van der Waals surface area contributed by atoms with Crippen LogP contribution in [0.1, 0.15) is 53.4 Å². The summed E-state index contributed by atoms with van der Waals surface area (Å²) in [5.41, 5.74) is 5.69. The quantitative estimate of drug-likeness (QED) is 0.646. The van der Waals surface area contributed by atoms with Gasteiger partial charge in [-0.1, -0.05) is 40.5 Å². The smallest absolute Gasteiger partial charge is 0.00386 e. The molecule has 0 amide bonds. The zero-order chi connectivity index (χ0) is 8.41. The molecule has 0 aliphatic heterocycles. The summed E-state index contributed by atoms with van der Waals surface area (Å²) in [5, 5.41) is 0. The largest absolute Gasteiger partial charge is 0.328 e. The third kappa shape index (κ3) is 10.9. The SMILES string of the molecule is CC.CCCC(N)CCC. The van der Waals surface area contributed by atoms with Gasteiger partial charge in [0, 0.05) is 6.04 Å². The maximum Gasteiger partial charge on any atom is 0.00386 e. The van der Waals surface area contributed by atoms with Gasteiger partial charge in [0.15, 0.2) is 0 Å². The van der Waals surface area contributed by atoms with Crippen LogP contribution in [-0.2, 0) is 0 Å². The fraction of sp³-hybridized carbons (Fsp3) is 1.00. The molecule has 64 valence electrons. The van der Waals surface area contributed by atoms with Crippen LogP contribution in [0.4, 0.5) is 0 Å². The highest BCUT2D eigenvalue weighted by Crippen LogP contribution is 1.99. The molecule has 0 bridgehead atoms. The van der Waals surface area contributed by atoms with Crippen LogP contribution in [0.15, 0.2) is 0 Å². The molecule has 0 aromatic rings. The Kier molecular flexibility index (Phi) is 14.8. The Morgan fingerprint density at radius 3 is 1.50 bits per heavy atom. The lowest BCUT2D eigenvalue weighted by atomic mass is 10.1. The molecule has 0 aliphatic rings. The van der Waals surface area contributed by atoms with Crippen LogP contribution in [0.5, 0.6) is 0 Å². The van der Waals surface area contributed by atoms with Crippen LogP contribution in [-0.4, -0.2) is 6.04 Å². The molecule has 1 heteroatoms. The first-order valence-corrected chi connectivity index (χ1v) is 4.56. The number of nitrogens with two attached hydrogens (primary N) is 1. The van der Waals surface area contributed by atoms with Crippen molar-refractivity contribution in [1.82, 2.24) is 0 Å². The fourth-order valence-corrected chi connectivity index (χ4v) is 0.886. The highest BCUT2D eigenvalue weighted by atomic mass is 14.6. The van der Waals surface area contributed by atoms with Gasteiger partial charge in [-0.05, 0) is 12.8 Å². The van der Waals surface area contributed by atoms with Crippen molar-refractivity contribution < 1.29 is 0 Å². The Balaban J connectivity index is 0. The van der Waals surface area contributed by atoms with Gasteiger partial charge in [0.1, 0.15) is 0 Å². The lowest BCUT2D eigenvalue weighted by molar-refractivity contribution is 0.554. The van der Waals surface area contributed by atoms with Gasteiger partial charge in [-0.3, -0.25) is 0 Å². The second-order valence-corrected chi connectivity index (χ2v) is 2.34. The number of hydrogen-bond acceptors (Lipinski definition) is 1. The van der Waals surface area contributed by atoms with E-state index in [0.717, 1.165) is 0 Å². The Bertz CT molecular complexity index is 38.0. The van der Waals surface area contributed by atoms with Crippen LogP contribution >= 0.6 is 0 Å². The summed E-state index contributed by atoms with van der Waals surface area (Å²) in [4.78, 5) is 0. The van der Waals surface area contributed by atoms with Crippen molar-refractivity contribution in [3.05, 3.63) is 0 Å². The summed E-state index contributed by atoms with van der Waals surface area (Å²) in [7, 11) is 0. The summed E-state index contributed by atoms with van der Waals surface area (Å²) in [6.45, 7) is 8.35. The third-order valence-corrected chi connectivity index (χ3v) is 1.32. The molecule has 0 saturated heterocycles. The monoisotopic (exact) mass is 145 g/mol. The van der Waals surface area contributed by atoms with Gasteiger partial charge in [-0.15, -0.1) is 0 Å². The van der Waals surface area contributed by atoms with Gasteiger partial charge in [0.25, 0.3) is 0 Å². The molecule has 0 rings (SSSR count). The van der Waals surface area contributed by atoms with E-state index >= 15 is 0 Å². The molecule has 0 atom stereocenters. The van der Waals surface area contributed by atoms with Crippen molar-refractivity contribution >= 4 is 0 Å². The van der Waals surface area contributed by atoms with Gasteiger partial charge in [0.2, 0.25) is 0 Å². The van der Waals surface area contributed by atoms with E-state index in [0.29, 0.717) is 6.04 Å². The molecule has 0 spiro atoms. The molecular weight excluding hydrogens is 122 g/mol. The second-order valence-electron chi connectivity index (χ2n) is 2.34. The minimum atomic E-state index is 0.463. The highest BCUT2D eigenvalue weighted by Gasteiger charge is 1.95. The predicted molar refractivity (Wildman–Crippen MR) is 49.1 cm³/mol. The molecule has 0 aromatic heterocycles. The summed E-state index contributed by atoms with van der Waals surface area (Å²) in [6.07, 6.45) is 4.82. The Morgan fingerprint density at radius 1 is 1.00 bits per heavy atom. The first-order chi connectivity index (χ1) is 4.81. The molecule has 0 saturated carbocycles. The summed E-state index contributed by atoms with van der Waals surface area (Å²) >= 11 is 0. The molecule has 1 nitrogen and oxygen atoms in total. The van der Waals surface area contributed by atoms with E-state index in [4.69, 9.17) is 5.73 Å². The van der Waals surface area contributed by atoms with Crippen molar-refractivity contribution in [3.8, 4) is 0 Å². The van der Waals surface area contributed by atoms with Crippen LogP contribution in [0.25, 0.3) is 0 Å². The lowest BCUT2D eigenvalue weighted by Gasteiger charge is -2.05. The average molecular weight is 145 g/mol. The van der Waals surface area contributed by atoms with E-state index in [2.05, 4.69) is 13.8 Å². The summed E-state index contributed by atoms with van der Waals surface area (Å²) in [5.74, 6) is 0. The van der Waals surface area contributed by atoms with E-state index in [1.807, 2.05) is 13.8 Å². The Hall–Kier alpha value is -0.0400. The predicted octanol–water partition coefficient (Wildman–Crippen LogP) is 2.94. The topological polar surface area (TPSA) is 26.0 Å². The Morgan fingerprint density at radius 2 is 1.30 bits per heavy atom. The van der Waals surface area contributed by atoms with Crippen LogP contribution in [0.3, 0.4) is 0 Å². The minimum absolute atomic E-state index is 0.463.